The number of nitrogens with one attached hydrogen (secondary N) is 1. The third kappa shape index (κ3) is 6.03. The van der Waals surface area contributed by atoms with Gasteiger partial charge < -0.3 is 16.2 Å². The van der Waals surface area contributed by atoms with E-state index in [1.807, 2.05) is 13.8 Å². The van der Waals surface area contributed by atoms with E-state index in [0.29, 0.717) is 0 Å². The third-order valence-electron chi connectivity index (χ3n) is 3.02. The van der Waals surface area contributed by atoms with Gasteiger partial charge in [-0.25, -0.2) is 0 Å². The van der Waals surface area contributed by atoms with Crippen LogP contribution in [0.3, 0.4) is 0 Å². The number of aliphatic hydroxyl groups is 1. The van der Waals surface area contributed by atoms with Gasteiger partial charge in [0.1, 0.15) is 0 Å². The van der Waals surface area contributed by atoms with Crippen LogP contribution >= 0.6 is 0 Å². The number of hydrogen-bond donors (Lipinski definition) is 3. The van der Waals surface area contributed by atoms with Gasteiger partial charge in [-0.15, -0.1) is 0 Å². The first-order valence-electron chi connectivity index (χ1n) is 6.31. The Kier molecular flexibility index (Phi) is 6.13. The molecule has 0 aliphatic heterocycles. The van der Waals surface area contributed by atoms with Crippen molar-refractivity contribution in [1.29, 1.82) is 0 Å². The molecule has 0 saturated carbocycles. The van der Waals surface area contributed by atoms with Crippen molar-refractivity contribution in [3.05, 3.63) is 0 Å². The Morgan fingerprint density at radius 1 is 1.35 bits per heavy atom. The van der Waals surface area contributed by atoms with E-state index in [9.17, 15) is 9.90 Å². The molecule has 2 unspecified atom stereocenters. The molecule has 0 radical (unpaired) electrons. The van der Waals surface area contributed by atoms with Crippen molar-refractivity contribution in [3.63, 3.8) is 0 Å². The fourth-order valence-electron chi connectivity index (χ4n) is 2.04. The predicted molar refractivity (Wildman–Crippen MR) is 70.5 cm³/mol. The van der Waals surface area contributed by atoms with Gasteiger partial charge in [-0.2, -0.15) is 0 Å². The quantitative estimate of drug-likeness (QED) is 0.658. The van der Waals surface area contributed by atoms with Crippen molar-refractivity contribution >= 4 is 5.91 Å². The molecule has 0 fully saturated rings. The summed E-state index contributed by atoms with van der Waals surface area (Å²) in [5.41, 5.74) is 5.02. The largest absolute Gasteiger partial charge is 0.390 e. The zero-order valence-corrected chi connectivity index (χ0v) is 11.8. The van der Waals surface area contributed by atoms with Gasteiger partial charge in [-0.3, -0.25) is 4.79 Å². The summed E-state index contributed by atoms with van der Waals surface area (Å²) in [4.78, 5) is 12.1. The van der Waals surface area contributed by atoms with Gasteiger partial charge >= 0.3 is 0 Å². The summed E-state index contributed by atoms with van der Waals surface area (Å²) >= 11 is 0. The van der Waals surface area contributed by atoms with Gasteiger partial charge in [0.2, 0.25) is 5.91 Å². The lowest BCUT2D eigenvalue weighted by molar-refractivity contribution is -0.132. The van der Waals surface area contributed by atoms with Crippen LogP contribution in [0, 0.1) is 10.8 Å². The van der Waals surface area contributed by atoms with Crippen molar-refractivity contribution < 1.29 is 9.90 Å². The van der Waals surface area contributed by atoms with Gasteiger partial charge in [0, 0.05) is 18.5 Å². The number of aliphatic hydroxyl groups excluding tert-OH is 1. The van der Waals surface area contributed by atoms with Crippen LogP contribution in [0.1, 0.15) is 47.5 Å². The highest BCUT2D eigenvalue weighted by molar-refractivity contribution is 5.82. The SMILES string of the molecule is CCC(C)(CC(C)(C)C)C(=O)NCC(O)CN. The highest BCUT2D eigenvalue weighted by Gasteiger charge is 2.35. The molecule has 0 aliphatic rings. The molecule has 0 aromatic rings. The molecule has 0 spiro atoms. The molecular weight excluding hydrogens is 216 g/mol. The highest BCUT2D eigenvalue weighted by Crippen LogP contribution is 2.36. The molecule has 0 aliphatic carbocycles. The summed E-state index contributed by atoms with van der Waals surface area (Å²) in [5.74, 6) is 0.00225. The Hall–Kier alpha value is -0.610. The van der Waals surface area contributed by atoms with E-state index in [1.165, 1.54) is 0 Å². The van der Waals surface area contributed by atoms with Gasteiger partial charge in [0.25, 0.3) is 0 Å². The summed E-state index contributed by atoms with van der Waals surface area (Å²) in [6.45, 7) is 10.8. The summed E-state index contributed by atoms with van der Waals surface area (Å²) in [5, 5.41) is 12.1. The van der Waals surface area contributed by atoms with E-state index in [2.05, 4.69) is 26.1 Å². The molecule has 0 saturated heterocycles. The van der Waals surface area contributed by atoms with E-state index in [1.54, 1.807) is 0 Å². The second-order valence-electron chi connectivity index (χ2n) is 6.25. The van der Waals surface area contributed by atoms with E-state index < -0.39 is 6.10 Å². The molecule has 0 aromatic heterocycles. The molecule has 0 bridgehead atoms. The zero-order chi connectivity index (χ0) is 13.7. The lowest BCUT2D eigenvalue weighted by Crippen LogP contribution is -2.44. The third-order valence-corrected chi connectivity index (χ3v) is 3.02. The number of carbonyl (C=O) groups is 1. The Labute approximate surface area is 105 Å². The van der Waals surface area contributed by atoms with Crippen molar-refractivity contribution in [2.45, 2.75) is 53.6 Å². The molecule has 1 amide bonds. The van der Waals surface area contributed by atoms with Gasteiger partial charge in [0.15, 0.2) is 0 Å². The fraction of sp³-hybridized carbons (Fsp3) is 0.923. The predicted octanol–water partition coefficient (Wildman–Crippen LogP) is 1.27. The topological polar surface area (TPSA) is 75.3 Å². The van der Waals surface area contributed by atoms with Crippen LogP contribution in [0.2, 0.25) is 0 Å². The maximum atomic E-state index is 12.1. The molecule has 2 atom stereocenters. The second-order valence-corrected chi connectivity index (χ2v) is 6.25. The van der Waals surface area contributed by atoms with E-state index in [4.69, 9.17) is 5.73 Å². The van der Waals surface area contributed by atoms with Crippen LogP contribution in [0.4, 0.5) is 0 Å². The average molecular weight is 244 g/mol. The Morgan fingerprint density at radius 2 is 1.88 bits per heavy atom. The zero-order valence-electron chi connectivity index (χ0n) is 11.8. The molecule has 4 heteroatoms. The summed E-state index contributed by atoms with van der Waals surface area (Å²) in [7, 11) is 0. The minimum atomic E-state index is -0.658. The van der Waals surface area contributed by atoms with E-state index in [-0.39, 0.29) is 29.8 Å². The summed E-state index contributed by atoms with van der Waals surface area (Å²) in [6.07, 6.45) is 0.949. The number of carbonyl (C=O) groups excluding carboxylic acids is 1. The molecular formula is C13H28N2O2. The maximum absolute atomic E-state index is 12.1. The van der Waals surface area contributed by atoms with Gasteiger partial charge in [0.05, 0.1) is 6.10 Å². The fourth-order valence-corrected chi connectivity index (χ4v) is 2.04. The Bertz CT molecular complexity index is 248. The van der Waals surface area contributed by atoms with Crippen LogP contribution in [0.15, 0.2) is 0 Å². The van der Waals surface area contributed by atoms with Crippen molar-refractivity contribution in [3.8, 4) is 0 Å². The van der Waals surface area contributed by atoms with Crippen LogP contribution in [0.25, 0.3) is 0 Å². The Morgan fingerprint density at radius 3 is 2.24 bits per heavy atom. The lowest BCUT2D eigenvalue weighted by atomic mass is 9.73. The number of hydrogen-bond acceptors (Lipinski definition) is 3. The summed E-state index contributed by atoms with van der Waals surface area (Å²) in [6, 6.07) is 0. The first kappa shape index (κ1) is 16.4. The minimum absolute atomic E-state index is 0.00225. The minimum Gasteiger partial charge on any atom is -0.390 e. The molecule has 4 N–H and O–H groups in total. The monoisotopic (exact) mass is 244 g/mol. The smallest absolute Gasteiger partial charge is 0.226 e. The maximum Gasteiger partial charge on any atom is 0.226 e. The standard InChI is InChI=1S/C13H28N2O2/c1-6-13(5,9-12(2,3)4)11(17)15-8-10(16)7-14/h10,16H,6-9,14H2,1-5H3,(H,15,17). The number of nitrogens with two attached hydrogens (primary N) is 1. The molecule has 102 valence electrons. The molecule has 17 heavy (non-hydrogen) atoms. The van der Waals surface area contributed by atoms with Crippen molar-refractivity contribution in [2.24, 2.45) is 16.6 Å². The van der Waals surface area contributed by atoms with Crippen molar-refractivity contribution in [2.75, 3.05) is 13.1 Å². The molecule has 0 aromatic carbocycles. The average Bonchev–Trinajstić information content (AvgIpc) is 2.22. The first-order valence-corrected chi connectivity index (χ1v) is 6.31. The molecule has 0 heterocycles. The van der Waals surface area contributed by atoms with E-state index in [0.717, 1.165) is 12.8 Å². The van der Waals surface area contributed by atoms with E-state index >= 15 is 0 Å². The van der Waals surface area contributed by atoms with Crippen LogP contribution in [-0.2, 0) is 4.79 Å². The highest BCUT2D eigenvalue weighted by atomic mass is 16.3. The first-order chi connectivity index (χ1) is 7.64. The van der Waals surface area contributed by atoms with Crippen molar-refractivity contribution in [1.82, 2.24) is 5.32 Å². The number of amides is 1. The van der Waals surface area contributed by atoms with Crippen LogP contribution in [-0.4, -0.2) is 30.2 Å². The lowest BCUT2D eigenvalue weighted by Gasteiger charge is -2.33. The summed E-state index contributed by atoms with van der Waals surface area (Å²) < 4.78 is 0. The molecule has 4 nitrogen and oxygen atoms in total. The van der Waals surface area contributed by atoms with Gasteiger partial charge in [-0.05, 0) is 18.3 Å². The molecule has 0 rings (SSSR count). The van der Waals surface area contributed by atoms with Crippen LogP contribution < -0.4 is 11.1 Å². The van der Waals surface area contributed by atoms with Crippen LogP contribution in [0.5, 0.6) is 0 Å². The second kappa shape index (κ2) is 6.36. The number of rotatable bonds is 6. The normalized spacial score (nSPS) is 17.4. The Balaban J connectivity index is 4.48. The van der Waals surface area contributed by atoms with Gasteiger partial charge in [-0.1, -0.05) is 34.6 Å².